The van der Waals surface area contributed by atoms with Gasteiger partial charge in [-0.3, -0.25) is 24.0 Å². The molecule has 2 unspecified atom stereocenters. The van der Waals surface area contributed by atoms with Gasteiger partial charge in [0.15, 0.2) is 0 Å². The highest BCUT2D eigenvalue weighted by Crippen LogP contribution is 2.40. The lowest BCUT2D eigenvalue weighted by Gasteiger charge is -2.41. The highest BCUT2D eigenvalue weighted by molar-refractivity contribution is 7.84. The van der Waals surface area contributed by atoms with Gasteiger partial charge >= 0.3 is 6.03 Å². The molecule has 7 heteroatoms. The number of nitrogens with zero attached hydrogens (tertiary/aromatic N) is 1. The largest absolute Gasteiger partial charge is 0.330 e. The zero-order valence-corrected chi connectivity index (χ0v) is 12.6. The summed E-state index contributed by atoms with van der Waals surface area (Å²) in [5.74, 6) is -0.878. The summed E-state index contributed by atoms with van der Waals surface area (Å²) >= 11 is 0. The van der Waals surface area contributed by atoms with Crippen molar-refractivity contribution < 1.29 is 18.6 Å². The van der Waals surface area contributed by atoms with Crippen LogP contribution in [0.1, 0.15) is 39.0 Å². The molecule has 6 nitrogen and oxygen atoms in total. The molecule has 1 spiro atoms. The number of carbonyl (C=O) groups is 3. The second-order valence-electron chi connectivity index (χ2n) is 5.63. The van der Waals surface area contributed by atoms with Gasteiger partial charge in [0.25, 0.3) is 0 Å². The summed E-state index contributed by atoms with van der Waals surface area (Å²) in [6.45, 7) is 1.81. The highest BCUT2D eigenvalue weighted by Gasteiger charge is 2.53. The molecule has 2 rings (SSSR count). The topological polar surface area (TPSA) is 83.6 Å². The van der Waals surface area contributed by atoms with Crippen LogP contribution >= 0.6 is 0 Å². The van der Waals surface area contributed by atoms with Gasteiger partial charge in [0, 0.05) is 28.9 Å². The van der Waals surface area contributed by atoms with Gasteiger partial charge in [-0.25, -0.2) is 4.79 Å². The van der Waals surface area contributed by atoms with Crippen LogP contribution in [0.4, 0.5) is 4.79 Å². The molecule has 4 amide bonds. The lowest BCUT2D eigenvalue weighted by Crippen LogP contribution is -2.65. The molecule has 1 saturated carbocycles. The quantitative estimate of drug-likeness (QED) is 0.781. The number of hydrogen-bond acceptors (Lipinski definition) is 4. The lowest BCUT2D eigenvalue weighted by atomic mass is 9.71. The maximum absolute atomic E-state index is 12.6. The van der Waals surface area contributed by atoms with Crippen molar-refractivity contribution in [3.8, 4) is 0 Å². The van der Waals surface area contributed by atoms with Gasteiger partial charge in [0.1, 0.15) is 5.41 Å². The van der Waals surface area contributed by atoms with Crippen molar-refractivity contribution in [2.24, 2.45) is 5.41 Å². The van der Waals surface area contributed by atoms with Gasteiger partial charge in [-0.1, -0.05) is 19.3 Å². The average Bonchev–Trinajstić information content (AvgIpc) is 2.42. The Balaban J connectivity index is 2.24. The summed E-state index contributed by atoms with van der Waals surface area (Å²) in [5.41, 5.74) is -1.08. The van der Waals surface area contributed by atoms with E-state index in [-0.39, 0.29) is 11.8 Å². The van der Waals surface area contributed by atoms with Crippen molar-refractivity contribution >= 4 is 28.6 Å². The molecule has 20 heavy (non-hydrogen) atoms. The molecule has 1 aliphatic carbocycles. The Labute approximate surface area is 120 Å². The molecule has 112 valence electrons. The Morgan fingerprint density at radius 2 is 1.85 bits per heavy atom. The first-order valence-corrected chi connectivity index (χ1v) is 8.50. The monoisotopic (exact) mass is 300 g/mol. The van der Waals surface area contributed by atoms with Crippen LogP contribution in [0.15, 0.2) is 0 Å². The maximum atomic E-state index is 12.6. The predicted molar refractivity (Wildman–Crippen MR) is 74.3 cm³/mol. The fraction of sp³-hybridized carbons (Fsp3) is 0.769. The van der Waals surface area contributed by atoms with Crippen LogP contribution in [0.2, 0.25) is 0 Å². The van der Waals surface area contributed by atoms with E-state index < -0.39 is 34.1 Å². The Hall–Kier alpha value is -1.24. The zero-order chi connectivity index (χ0) is 14.9. The normalized spacial score (nSPS) is 25.5. The van der Waals surface area contributed by atoms with E-state index in [2.05, 4.69) is 5.32 Å². The molecule has 1 heterocycles. The van der Waals surface area contributed by atoms with Crippen LogP contribution in [0.5, 0.6) is 0 Å². The van der Waals surface area contributed by atoms with Gasteiger partial charge in [-0.05, 0) is 19.8 Å². The van der Waals surface area contributed by atoms with Gasteiger partial charge < -0.3 is 0 Å². The highest BCUT2D eigenvalue weighted by atomic mass is 32.2. The fourth-order valence-electron chi connectivity index (χ4n) is 2.86. The third-order valence-corrected chi connectivity index (χ3v) is 5.55. The molecule has 1 saturated heterocycles. The van der Waals surface area contributed by atoms with Crippen LogP contribution in [0, 0.1) is 5.41 Å². The summed E-state index contributed by atoms with van der Waals surface area (Å²) in [4.78, 5) is 37.7. The summed E-state index contributed by atoms with van der Waals surface area (Å²) in [7, 11) is -1.13. The number of urea groups is 1. The van der Waals surface area contributed by atoms with Crippen molar-refractivity contribution in [3.63, 3.8) is 0 Å². The van der Waals surface area contributed by atoms with Crippen molar-refractivity contribution in [3.05, 3.63) is 0 Å². The Morgan fingerprint density at radius 3 is 2.40 bits per heavy atom. The van der Waals surface area contributed by atoms with Crippen LogP contribution in [-0.4, -0.2) is 45.0 Å². The van der Waals surface area contributed by atoms with E-state index in [1.54, 1.807) is 13.2 Å². The van der Waals surface area contributed by atoms with Crippen LogP contribution in [0.25, 0.3) is 0 Å². The summed E-state index contributed by atoms with van der Waals surface area (Å²) in [6.07, 6.45) is 5.16. The number of nitrogens with one attached hydrogen (secondary N) is 1. The molecule has 0 aromatic rings. The number of amides is 4. The zero-order valence-electron chi connectivity index (χ0n) is 11.8. The SMILES string of the molecule is CC(CN1C(=O)NC(=O)C2(CCCCC2)C1=O)S(C)=O. The van der Waals surface area contributed by atoms with Crippen molar-refractivity contribution in [2.75, 3.05) is 12.8 Å². The van der Waals surface area contributed by atoms with E-state index in [0.717, 1.165) is 24.2 Å². The van der Waals surface area contributed by atoms with Crippen molar-refractivity contribution in [1.29, 1.82) is 0 Å². The summed E-state index contributed by atoms with van der Waals surface area (Å²) < 4.78 is 11.4. The van der Waals surface area contributed by atoms with Gasteiger partial charge in [0.2, 0.25) is 11.8 Å². The first kappa shape index (κ1) is 15.2. The second-order valence-corrected chi connectivity index (χ2v) is 7.43. The second kappa shape index (κ2) is 5.63. The van der Waals surface area contributed by atoms with E-state index in [0.29, 0.717) is 12.8 Å². The average molecular weight is 300 g/mol. The molecular weight excluding hydrogens is 280 g/mol. The first-order chi connectivity index (χ1) is 9.38. The third-order valence-electron chi connectivity index (χ3n) is 4.27. The minimum absolute atomic E-state index is 0.0861. The molecule has 2 fully saturated rings. The lowest BCUT2D eigenvalue weighted by molar-refractivity contribution is -0.153. The van der Waals surface area contributed by atoms with Crippen LogP contribution in [0.3, 0.4) is 0 Å². The molecule has 0 aromatic carbocycles. The standard InChI is InChI=1S/C13H20N2O4S/c1-9(20(2)19)8-15-11(17)13(6-4-3-5-7-13)10(16)14-12(15)18/h9H,3-8H2,1-2H3,(H,14,16,18). The molecule has 0 bridgehead atoms. The van der Waals surface area contributed by atoms with Crippen molar-refractivity contribution in [2.45, 2.75) is 44.3 Å². The number of rotatable bonds is 3. The number of barbiturate groups is 1. The van der Waals surface area contributed by atoms with Crippen molar-refractivity contribution in [1.82, 2.24) is 10.2 Å². The molecular formula is C13H20N2O4S. The molecule has 1 N–H and O–H groups in total. The van der Waals surface area contributed by atoms with E-state index in [1.807, 2.05) is 0 Å². The molecule has 0 aromatic heterocycles. The molecule has 1 aliphatic heterocycles. The molecule has 0 radical (unpaired) electrons. The maximum Gasteiger partial charge on any atom is 0.330 e. The van der Waals surface area contributed by atoms with Gasteiger partial charge in [-0.2, -0.15) is 0 Å². The third kappa shape index (κ3) is 2.51. The van der Waals surface area contributed by atoms with E-state index in [4.69, 9.17) is 0 Å². The minimum atomic E-state index is -1.13. The van der Waals surface area contributed by atoms with Gasteiger partial charge in [-0.15, -0.1) is 0 Å². The minimum Gasteiger partial charge on any atom is -0.277 e. The Kier molecular flexibility index (Phi) is 4.27. The summed E-state index contributed by atoms with van der Waals surface area (Å²) in [5, 5.41) is 1.99. The van der Waals surface area contributed by atoms with Crippen LogP contribution in [-0.2, 0) is 20.4 Å². The van der Waals surface area contributed by atoms with E-state index in [9.17, 15) is 18.6 Å². The predicted octanol–water partition coefficient (Wildman–Crippen LogP) is 0.782. The summed E-state index contributed by atoms with van der Waals surface area (Å²) in [6, 6.07) is -0.687. The fourth-order valence-corrected chi connectivity index (χ4v) is 3.22. The number of hydrogen-bond donors (Lipinski definition) is 1. The first-order valence-electron chi connectivity index (χ1n) is 6.88. The van der Waals surface area contributed by atoms with E-state index in [1.165, 1.54) is 0 Å². The molecule has 2 aliphatic rings. The smallest absolute Gasteiger partial charge is 0.277 e. The Morgan fingerprint density at radius 1 is 1.25 bits per heavy atom. The number of carbonyl (C=O) groups excluding carboxylic acids is 3. The number of imide groups is 2. The van der Waals surface area contributed by atoms with Gasteiger partial charge in [0.05, 0.1) is 0 Å². The van der Waals surface area contributed by atoms with E-state index >= 15 is 0 Å². The molecule has 2 atom stereocenters. The van der Waals surface area contributed by atoms with Crippen LogP contribution < -0.4 is 5.32 Å². The Bertz CT molecular complexity index is 471.